The highest BCUT2D eigenvalue weighted by atomic mass is 16.6. The standard InChI is InChI=1S/C66H128N4O9/c1-15-17-19-21-23-25-27-29-31-33-35-37-39-41-43-45-47-70(48-46-44-42-40-38-36-34-32-30-28-26-24-22-20-18-16-2)58(71)53-67(49-51-68(54-59(72)76-63(3,4)5)55-60(73)77-64(6,7)8)50-52-69(56-61(74)78-65(9,10)11)57-62(75)79-66(12,13)14/h15-57H2,1-14H3. The normalized spacial score (nSPS) is 12.4. The first-order valence-electron chi connectivity index (χ1n) is 32.5. The summed E-state index contributed by atoms with van der Waals surface area (Å²) < 4.78 is 22.8. The summed E-state index contributed by atoms with van der Waals surface area (Å²) in [7, 11) is 0. The van der Waals surface area contributed by atoms with Crippen molar-refractivity contribution in [3.8, 4) is 0 Å². The summed E-state index contributed by atoms with van der Waals surface area (Å²) in [4.78, 5) is 75.3. The Morgan fingerprint density at radius 3 is 0.646 bits per heavy atom. The topological polar surface area (TPSA) is 135 Å². The van der Waals surface area contributed by atoms with Crippen LogP contribution in [0.4, 0.5) is 0 Å². The SMILES string of the molecule is CCCCCCCCCCCCCCCCCCN(CCCCCCCCCCCCCCCCCC)C(=O)CN(CCN(CC(=O)OC(C)(C)C)CC(=O)OC(C)(C)C)CCN(CC(=O)OC(C)(C)C)CC(=O)OC(C)(C)C. The lowest BCUT2D eigenvalue weighted by molar-refractivity contribution is -0.162. The van der Waals surface area contributed by atoms with Gasteiger partial charge in [0.1, 0.15) is 22.4 Å². The molecule has 0 aliphatic carbocycles. The van der Waals surface area contributed by atoms with Crippen LogP contribution in [0.5, 0.6) is 0 Å². The number of carbonyl (C=O) groups is 5. The maximum Gasteiger partial charge on any atom is 0.320 e. The van der Waals surface area contributed by atoms with E-state index in [1.54, 1.807) is 9.80 Å². The molecule has 13 heteroatoms. The van der Waals surface area contributed by atoms with Crippen molar-refractivity contribution in [2.45, 2.75) is 325 Å². The molecule has 0 radical (unpaired) electrons. The zero-order valence-corrected chi connectivity index (χ0v) is 54.4. The molecule has 466 valence electrons. The Balaban J connectivity index is 6.20. The Labute approximate surface area is 487 Å². The zero-order valence-electron chi connectivity index (χ0n) is 54.4. The van der Waals surface area contributed by atoms with Crippen molar-refractivity contribution in [3.05, 3.63) is 0 Å². The molecule has 0 aromatic rings. The van der Waals surface area contributed by atoms with Gasteiger partial charge in [0.2, 0.25) is 5.91 Å². The summed E-state index contributed by atoms with van der Waals surface area (Å²) in [6.07, 6.45) is 41.3. The first-order chi connectivity index (χ1) is 37.2. The highest BCUT2D eigenvalue weighted by Gasteiger charge is 2.28. The highest BCUT2D eigenvalue weighted by molar-refractivity contribution is 5.78. The molecule has 0 bridgehead atoms. The first-order valence-corrected chi connectivity index (χ1v) is 32.5. The van der Waals surface area contributed by atoms with Crippen molar-refractivity contribution in [3.63, 3.8) is 0 Å². The first kappa shape index (κ1) is 76.2. The number of hydrogen-bond acceptors (Lipinski definition) is 12. The van der Waals surface area contributed by atoms with Gasteiger partial charge in [0.25, 0.3) is 0 Å². The van der Waals surface area contributed by atoms with E-state index in [9.17, 15) is 24.0 Å². The molecule has 0 aromatic carbocycles. The highest BCUT2D eigenvalue weighted by Crippen LogP contribution is 2.18. The molecule has 0 N–H and O–H groups in total. The minimum absolute atomic E-state index is 0.0265. The fraction of sp³-hybridized carbons (Fsp3) is 0.924. The molecule has 0 aliphatic rings. The molecular weight excluding hydrogens is 993 g/mol. The van der Waals surface area contributed by atoms with Crippen molar-refractivity contribution < 1.29 is 42.9 Å². The van der Waals surface area contributed by atoms with Crippen molar-refractivity contribution in [2.24, 2.45) is 0 Å². The van der Waals surface area contributed by atoms with Crippen LogP contribution < -0.4 is 0 Å². The van der Waals surface area contributed by atoms with Gasteiger partial charge in [0, 0.05) is 39.3 Å². The second-order valence-corrected chi connectivity index (χ2v) is 27.0. The van der Waals surface area contributed by atoms with Gasteiger partial charge in [0.15, 0.2) is 0 Å². The van der Waals surface area contributed by atoms with Crippen LogP contribution in [0.15, 0.2) is 0 Å². The molecule has 0 saturated carbocycles. The van der Waals surface area contributed by atoms with Crippen LogP contribution in [0.1, 0.15) is 302 Å². The third-order valence-electron chi connectivity index (χ3n) is 13.8. The van der Waals surface area contributed by atoms with Crippen LogP contribution >= 0.6 is 0 Å². The fourth-order valence-corrected chi connectivity index (χ4v) is 9.84. The number of carbonyl (C=O) groups excluding carboxylic acids is 5. The molecule has 0 aliphatic heterocycles. The molecule has 0 saturated heterocycles. The Morgan fingerprint density at radius 2 is 0.443 bits per heavy atom. The van der Waals surface area contributed by atoms with Crippen molar-refractivity contribution >= 4 is 29.8 Å². The van der Waals surface area contributed by atoms with Gasteiger partial charge in [-0.3, -0.25) is 38.7 Å². The summed E-state index contributed by atoms with van der Waals surface area (Å²) >= 11 is 0. The molecule has 79 heavy (non-hydrogen) atoms. The van der Waals surface area contributed by atoms with Crippen molar-refractivity contribution in [2.75, 3.05) is 72.0 Å². The van der Waals surface area contributed by atoms with E-state index in [4.69, 9.17) is 18.9 Å². The smallest absolute Gasteiger partial charge is 0.320 e. The number of esters is 4. The van der Waals surface area contributed by atoms with Crippen LogP contribution in [-0.4, -0.2) is 144 Å². The van der Waals surface area contributed by atoms with Gasteiger partial charge in [-0.25, -0.2) is 0 Å². The van der Waals surface area contributed by atoms with Gasteiger partial charge < -0.3 is 23.8 Å². The number of nitrogens with zero attached hydrogens (tertiary/aromatic N) is 4. The largest absolute Gasteiger partial charge is 0.459 e. The summed E-state index contributed by atoms with van der Waals surface area (Å²) in [5.74, 6) is -1.85. The third kappa shape index (κ3) is 53.0. The van der Waals surface area contributed by atoms with Gasteiger partial charge in [-0.15, -0.1) is 0 Å². The monoisotopic (exact) mass is 1120 g/mol. The maximum absolute atomic E-state index is 14.7. The Hall–Kier alpha value is -2.77. The lowest BCUT2D eigenvalue weighted by atomic mass is 10.0. The fourth-order valence-electron chi connectivity index (χ4n) is 9.84. The summed E-state index contributed by atoms with van der Waals surface area (Å²) in [6, 6.07) is 0. The molecule has 0 heterocycles. The molecule has 0 atom stereocenters. The molecule has 1 amide bonds. The lowest BCUT2D eigenvalue weighted by Gasteiger charge is -2.32. The van der Waals surface area contributed by atoms with Crippen LogP contribution in [0.25, 0.3) is 0 Å². The van der Waals surface area contributed by atoms with Crippen LogP contribution in [0.3, 0.4) is 0 Å². The van der Waals surface area contributed by atoms with Crippen LogP contribution in [0, 0.1) is 0 Å². The van der Waals surface area contributed by atoms with E-state index in [2.05, 4.69) is 18.7 Å². The third-order valence-corrected chi connectivity index (χ3v) is 13.8. The van der Waals surface area contributed by atoms with Gasteiger partial charge in [-0.2, -0.15) is 0 Å². The van der Waals surface area contributed by atoms with Gasteiger partial charge in [0.05, 0.1) is 32.7 Å². The lowest BCUT2D eigenvalue weighted by Crippen LogP contribution is -2.49. The van der Waals surface area contributed by atoms with Crippen LogP contribution in [-0.2, 0) is 42.9 Å². The zero-order chi connectivity index (χ0) is 59.4. The summed E-state index contributed by atoms with van der Waals surface area (Å²) in [6.45, 7) is 28.3. The van der Waals surface area contributed by atoms with Gasteiger partial charge in [-0.05, 0) is 95.9 Å². The minimum Gasteiger partial charge on any atom is -0.459 e. The van der Waals surface area contributed by atoms with E-state index < -0.39 is 46.3 Å². The maximum atomic E-state index is 14.7. The molecule has 0 spiro atoms. The number of hydrogen-bond donors (Lipinski definition) is 0. The molecule has 0 rings (SSSR count). The number of unbranched alkanes of at least 4 members (excludes halogenated alkanes) is 30. The van der Waals surface area contributed by atoms with E-state index in [0.29, 0.717) is 26.2 Å². The van der Waals surface area contributed by atoms with Crippen molar-refractivity contribution in [1.29, 1.82) is 0 Å². The number of rotatable bonds is 50. The molecule has 0 fully saturated rings. The average Bonchev–Trinajstić information content (AvgIpc) is 3.31. The second-order valence-electron chi connectivity index (χ2n) is 27.0. The quantitative estimate of drug-likeness (QED) is 0.0326. The number of ether oxygens (including phenoxy) is 4. The average molecular weight is 1120 g/mol. The van der Waals surface area contributed by atoms with E-state index in [1.807, 2.05) is 88.0 Å². The summed E-state index contributed by atoms with van der Waals surface area (Å²) in [5, 5.41) is 0. The van der Waals surface area contributed by atoms with Gasteiger partial charge in [-0.1, -0.05) is 206 Å². The predicted octanol–water partition coefficient (Wildman–Crippen LogP) is 15.6. The minimum atomic E-state index is -0.721. The molecule has 0 unspecified atom stereocenters. The van der Waals surface area contributed by atoms with E-state index in [-0.39, 0.29) is 51.7 Å². The van der Waals surface area contributed by atoms with Gasteiger partial charge >= 0.3 is 23.9 Å². The molecular formula is C66H128N4O9. The summed E-state index contributed by atoms with van der Waals surface area (Å²) in [5.41, 5.74) is -2.88. The predicted molar refractivity (Wildman–Crippen MR) is 328 cm³/mol. The Morgan fingerprint density at radius 1 is 0.253 bits per heavy atom. The van der Waals surface area contributed by atoms with Crippen molar-refractivity contribution in [1.82, 2.24) is 19.6 Å². The Bertz CT molecular complexity index is 1380. The second kappa shape index (κ2) is 45.7. The molecule has 0 aromatic heterocycles. The van der Waals surface area contributed by atoms with E-state index >= 15 is 0 Å². The van der Waals surface area contributed by atoms with Crippen LogP contribution in [0.2, 0.25) is 0 Å². The Kier molecular flexibility index (Phi) is 44.1. The molecule has 13 nitrogen and oxygen atoms in total. The van der Waals surface area contributed by atoms with E-state index in [0.717, 1.165) is 25.7 Å². The van der Waals surface area contributed by atoms with E-state index in [1.165, 1.54) is 180 Å². The number of amides is 1.